The highest BCUT2D eigenvalue weighted by Gasteiger charge is 2.26. The average Bonchev–Trinajstić information content (AvgIpc) is 2.87. The zero-order chi connectivity index (χ0) is 25.0. The van der Waals surface area contributed by atoms with Crippen molar-refractivity contribution in [2.24, 2.45) is 4.40 Å². The van der Waals surface area contributed by atoms with Crippen LogP contribution in [0, 0.1) is 0 Å². The number of nitrogens with one attached hydrogen (secondary N) is 1. The molecule has 178 valence electrons. The largest absolute Gasteiger partial charge is 0.494 e. The molecule has 0 fully saturated rings. The van der Waals surface area contributed by atoms with E-state index in [-0.39, 0.29) is 22.1 Å². The zero-order valence-electron chi connectivity index (χ0n) is 19.0. The first-order valence-corrected chi connectivity index (χ1v) is 12.2. The Morgan fingerprint density at radius 2 is 1.60 bits per heavy atom. The number of benzene rings is 3. The van der Waals surface area contributed by atoms with Crippen LogP contribution in [-0.4, -0.2) is 39.6 Å². The Morgan fingerprint density at radius 1 is 0.943 bits per heavy atom. The van der Waals surface area contributed by atoms with Crippen LogP contribution in [0.2, 0.25) is 0 Å². The number of allylic oxidation sites excluding steroid dienone is 2. The summed E-state index contributed by atoms with van der Waals surface area (Å²) in [5.74, 6) is -0.236. The molecule has 0 aromatic heterocycles. The minimum atomic E-state index is -4.07. The molecule has 3 aromatic rings. The maximum absolute atomic E-state index is 13.1. The van der Waals surface area contributed by atoms with E-state index in [1.54, 1.807) is 60.7 Å². The number of methoxy groups -OCH3 is 1. The van der Waals surface area contributed by atoms with Crippen LogP contribution < -0.4 is 10.1 Å². The van der Waals surface area contributed by atoms with E-state index in [0.29, 0.717) is 34.7 Å². The van der Waals surface area contributed by atoms with Gasteiger partial charge in [0.1, 0.15) is 5.75 Å². The van der Waals surface area contributed by atoms with Crippen molar-refractivity contribution in [2.45, 2.75) is 11.8 Å². The second kappa shape index (κ2) is 9.94. The van der Waals surface area contributed by atoms with Crippen LogP contribution in [0.4, 0.5) is 5.69 Å². The van der Waals surface area contributed by atoms with Crippen molar-refractivity contribution in [1.29, 1.82) is 0 Å². The van der Waals surface area contributed by atoms with E-state index in [0.717, 1.165) is 0 Å². The number of anilines is 1. The number of carbonyl (C=O) groups excluding carboxylic acids is 2. The number of hydrogen-bond acceptors (Lipinski definition) is 7. The molecule has 0 bridgehead atoms. The molecule has 0 saturated heterocycles. The minimum Gasteiger partial charge on any atom is -0.494 e. The summed E-state index contributed by atoms with van der Waals surface area (Å²) in [5, 5.41) is 3.00. The summed E-state index contributed by atoms with van der Waals surface area (Å²) in [7, 11) is -2.78. The highest BCUT2D eigenvalue weighted by molar-refractivity contribution is 7.90. The second-order valence-corrected chi connectivity index (χ2v) is 9.09. The molecule has 0 saturated carbocycles. The fourth-order valence-electron chi connectivity index (χ4n) is 3.52. The van der Waals surface area contributed by atoms with Crippen LogP contribution in [0.5, 0.6) is 5.75 Å². The quantitative estimate of drug-likeness (QED) is 0.493. The Labute approximate surface area is 203 Å². The summed E-state index contributed by atoms with van der Waals surface area (Å²) < 4.78 is 40.2. The number of rotatable bonds is 7. The fourth-order valence-corrected chi connectivity index (χ4v) is 4.51. The summed E-state index contributed by atoms with van der Waals surface area (Å²) >= 11 is 0. The van der Waals surface area contributed by atoms with E-state index in [1.165, 1.54) is 25.3 Å². The van der Waals surface area contributed by atoms with Gasteiger partial charge in [-0.3, -0.25) is 4.79 Å². The van der Waals surface area contributed by atoms with Gasteiger partial charge < -0.3 is 14.8 Å². The maximum atomic E-state index is 13.1. The Balaban J connectivity index is 1.71. The van der Waals surface area contributed by atoms with Crippen molar-refractivity contribution >= 4 is 33.2 Å². The summed E-state index contributed by atoms with van der Waals surface area (Å²) in [5.41, 5.74) is 1.90. The lowest BCUT2D eigenvalue weighted by atomic mass is 9.92. The van der Waals surface area contributed by atoms with Crippen LogP contribution in [0.15, 0.2) is 93.9 Å². The SMILES string of the molecule is CCOc1ccc(S(=O)(=O)N=C2C=C(Nc3ccc(C(=O)OC)cc3)C(=O)c3ccccc32)cc1. The standard InChI is InChI=1S/C26H22N2O6S/c1-3-34-19-12-14-20(15-13-19)35(31,32)28-23-16-24(25(29)22-7-5-4-6-21(22)23)27-18-10-8-17(9-11-18)26(30)33-2/h4-16,27H,3H2,1-2H3. The number of hydrogen-bond donors (Lipinski definition) is 1. The van der Waals surface area contributed by atoms with Crippen LogP contribution in [0.3, 0.4) is 0 Å². The summed E-state index contributed by atoms with van der Waals surface area (Å²) in [6.45, 7) is 2.30. The van der Waals surface area contributed by atoms with Gasteiger partial charge >= 0.3 is 5.97 Å². The third-order valence-electron chi connectivity index (χ3n) is 5.21. The molecular weight excluding hydrogens is 468 g/mol. The maximum Gasteiger partial charge on any atom is 0.337 e. The van der Waals surface area contributed by atoms with Crippen molar-refractivity contribution in [3.8, 4) is 5.75 Å². The van der Waals surface area contributed by atoms with Crippen molar-refractivity contribution in [1.82, 2.24) is 0 Å². The van der Waals surface area contributed by atoms with Gasteiger partial charge in [0, 0.05) is 16.8 Å². The van der Waals surface area contributed by atoms with Crippen molar-refractivity contribution in [2.75, 3.05) is 19.0 Å². The van der Waals surface area contributed by atoms with Gasteiger partial charge in [0.05, 0.1) is 35.6 Å². The Hall–Kier alpha value is -4.24. The van der Waals surface area contributed by atoms with Gasteiger partial charge in [0.2, 0.25) is 5.78 Å². The number of sulfonamides is 1. The molecule has 0 radical (unpaired) electrons. The number of Topliss-reactive ketones (excluding diaryl/α,β-unsaturated/α-hetero) is 1. The predicted molar refractivity (Wildman–Crippen MR) is 132 cm³/mol. The van der Waals surface area contributed by atoms with E-state index in [4.69, 9.17) is 9.47 Å². The second-order valence-electron chi connectivity index (χ2n) is 7.48. The predicted octanol–water partition coefficient (Wildman–Crippen LogP) is 4.24. The summed E-state index contributed by atoms with van der Waals surface area (Å²) in [6, 6.07) is 19.0. The topological polar surface area (TPSA) is 111 Å². The third-order valence-corrected chi connectivity index (χ3v) is 6.51. The van der Waals surface area contributed by atoms with Crippen molar-refractivity contribution in [3.05, 3.63) is 101 Å². The van der Waals surface area contributed by atoms with Gasteiger partial charge in [-0.05, 0) is 61.5 Å². The van der Waals surface area contributed by atoms with Crippen molar-refractivity contribution in [3.63, 3.8) is 0 Å². The lowest BCUT2D eigenvalue weighted by Crippen LogP contribution is -2.22. The normalized spacial score (nSPS) is 14.2. The lowest BCUT2D eigenvalue weighted by Gasteiger charge is -2.19. The van der Waals surface area contributed by atoms with E-state index < -0.39 is 16.0 Å². The molecule has 35 heavy (non-hydrogen) atoms. The molecule has 0 spiro atoms. The Morgan fingerprint density at radius 3 is 2.23 bits per heavy atom. The Bertz CT molecular complexity index is 1440. The number of fused-ring (bicyclic) bond motifs is 1. The highest BCUT2D eigenvalue weighted by atomic mass is 32.2. The molecular formula is C26H22N2O6S. The molecule has 4 rings (SSSR count). The van der Waals surface area contributed by atoms with E-state index in [9.17, 15) is 18.0 Å². The van der Waals surface area contributed by atoms with E-state index in [1.807, 2.05) is 6.92 Å². The molecule has 1 N–H and O–H groups in total. The third kappa shape index (κ3) is 5.15. The summed E-state index contributed by atoms with van der Waals surface area (Å²) in [4.78, 5) is 24.8. The van der Waals surface area contributed by atoms with E-state index in [2.05, 4.69) is 9.71 Å². The molecule has 1 aliphatic carbocycles. The molecule has 0 unspecified atom stereocenters. The first-order valence-electron chi connectivity index (χ1n) is 10.7. The zero-order valence-corrected chi connectivity index (χ0v) is 19.8. The smallest absolute Gasteiger partial charge is 0.337 e. The molecule has 0 amide bonds. The minimum absolute atomic E-state index is 0.00384. The molecule has 8 nitrogen and oxygen atoms in total. The fraction of sp³-hybridized carbons (Fsp3) is 0.115. The van der Waals surface area contributed by atoms with Gasteiger partial charge in [0.25, 0.3) is 10.0 Å². The van der Waals surface area contributed by atoms with Crippen LogP contribution in [-0.2, 0) is 14.8 Å². The van der Waals surface area contributed by atoms with Gasteiger partial charge in [-0.25, -0.2) is 4.79 Å². The highest BCUT2D eigenvalue weighted by Crippen LogP contribution is 2.26. The number of ketones is 1. The molecule has 3 aromatic carbocycles. The molecule has 0 atom stereocenters. The number of ether oxygens (including phenoxy) is 2. The Kier molecular flexibility index (Phi) is 6.79. The van der Waals surface area contributed by atoms with Gasteiger partial charge in [0.15, 0.2) is 0 Å². The number of nitrogens with zero attached hydrogens (tertiary/aromatic N) is 1. The van der Waals surface area contributed by atoms with Gasteiger partial charge in [-0.1, -0.05) is 24.3 Å². The molecule has 0 aliphatic heterocycles. The first-order chi connectivity index (χ1) is 16.8. The van der Waals surface area contributed by atoms with Crippen LogP contribution in [0.1, 0.15) is 33.2 Å². The monoisotopic (exact) mass is 490 g/mol. The summed E-state index contributed by atoms with van der Waals surface area (Å²) in [6.07, 6.45) is 1.41. The average molecular weight is 491 g/mol. The molecule has 0 heterocycles. The molecule has 9 heteroatoms. The van der Waals surface area contributed by atoms with Crippen molar-refractivity contribution < 1.29 is 27.5 Å². The number of carbonyl (C=O) groups is 2. The van der Waals surface area contributed by atoms with E-state index >= 15 is 0 Å². The molecule has 1 aliphatic rings. The van der Waals surface area contributed by atoms with Crippen LogP contribution >= 0.6 is 0 Å². The number of esters is 1. The first kappa shape index (κ1) is 23.9. The van der Waals surface area contributed by atoms with Crippen LogP contribution in [0.25, 0.3) is 0 Å². The lowest BCUT2D eigenvalue weighted by molar-refractivity contribution is 0.0600. The van der Waals surface area contributed by atoms with Gasteiger partial charge in [-0.2, -0.15) is 12.8 Å². The van der Waals surface area contributed by atoms with Gasteiger partial charge in [-0.15, -0.1) is 0 Å².